The molecule has 0 amide bonds. The van der Waals surface area contributed by atoms with Crippen molar-refractivity contribution in [3.63, 3.8) is 0 Å². The zero-order valence-corrected chi connectivity index (χ0v) is 16.9. The molecule has 2 aromatic rings. The minimum atomic E-state index is -0.630. The maximum atomic E-state index is 12.3. The molecule has 142 valence electrons. The third kappa shape index (κ3) is 5.40. The minimum absolute atomic E-state index is 0.235. The van der Waals surface area contributed by atoms with Gasteiger partial charge in [0.25, 0.3) is 0 Å². The summed E-state index contributed by atoms with van der Waals surface area (Å²) < 4.78 is 10.9. The highest BCUT2D eigenvalue weighted by Crippen LogP contribution is 2.19. The molecule has 1 N–H and O–H groups in total. The number of ketones is 1. The molecule has 7 heteroatoms. The highest BCUT2D eigenvalue weighted by Gasteiger charge is 2.23. The van der Waals surface area contributed by atoms with Crippen molar-refractivity contribution in [3.8, 4) is 0 Å². The Morgan fingerprint density at radius 2 is 1.93 bits per heavy atom. The molecular formula is C20H20BrNO5. The summed E-state index contributed by atoms with van der Waals surface area (Å²) in [6.45, 7) is 4.86. The molecule has 27 heavy (non-hydrogen) atoms. The standard InChI is InChI=1S/C20H20BrNO5/c1-4-26-20(25)18-12(2)19(22-13(18)3)16(23)11-27-17(24)9-8-14-6-5-7-15(21)10-14/h5-10,22H,4,11H2,1-3H3. The highest BCUT2D eigenvalue weighted by molar-refractivity contribution is 9.10. The van der Waals surface area contributed by atoms with Crippen LogP contribution in [0, 0.1) is 13.8 Å². The third-order valence-electron chi connectivity index (χ3n) is 3.80. The van der Waals surface area contributed by atoms with E-state index >= 15 is 0 Å². The topological polar surface area (TPSA) is 85.5 Å². The molecule has 0 aliphatic heterocycles. The van der Waals surface area contributed by atoms with Crippen LogP contribution in [0.25, 0.3) is 6.08 Å². The molecule has 0 aliphatic carbocycles. The second kappa shape index (κ2) is 9.32. The van der Waals surface area contributed by atoms with Crippen molar-refractivity contribution in [2.24, 2.45) is 0 Å². The largest absolute Gasteiger partial charge is 0.462 e. The number of benzene rings is 1. The lowest BCUT2D eigenvalue weighted by Gasteiger charge is -2.03. The SMILES string of the molecule is CCOC(=O)c1c(C)[nH]c(C(=O)COC(=O)C=Cc2cccc(Br)c2)c1C. The average molecular weight is 434 g/mol. The molecule has 1 aromatic heterocycles. The van der Waals surface area contributed by atoms with E-state index in [1.807, 2.05) is 24.3 Å². The number of hydrogen-bond donors (Lipinski definition) is 1. The first-order chi connectivity index (χ1) is 12.8. The van der Waals surface area contributed by atoms with E-state index in [9.17, 15) is 14.4 Å². The molecule has 0 atom stereocenters. The number of rotatable bonds is 7. The van der Waals surface area contributed by atoms with Gasteiger partial charge >= 0.3 is 11.9 Å². The van der Waals surface area contributed by atoms with Crippen LogP contribution >= 0.6 is 15.9 Å². The van der Waals surface area contributed by atoms with E-state index in [2.05, 4.69) is 20.9 Å². The van der Waals surface area contributed by atoms with Gasteiger partial charge in [-0.05, 0) is 50.1 Å². The predicted molar refractivity (Wildman–Crippen MR) is 105 cm³/mol. The van der Waals surface area contributed by atoms with Crippen molar-refractivity contribution in [3.05, 3.63) is 62.9 Å². The fourth-order valence-electron chi connectivity index (χ4n) is 2.57. The van der Waals surface area contributed by atoms with E-state index in [1.54, 1.807) is 26.8 Å². The van der Waals surface area contributed by atoms with Crippen molar-refractivity contribution >= 4 is 39.7 Å². The van der Waals surface area contributed by atoms with Crippen LogP contribution in [0.5, 0.6) is 0 Å². The van der Waals surface area contributed by atoms with E-state index in [0.29, 0.717) is 16.8 Å². The second-order valence-electron chi connectivity index (χ2n) is 5.76. The van der Waals surface area contributed by atoms with Gasteiger partial charge < -0.3 is 14.5 Å². The van der Waals surface area contributed by atoms with Gasteiger partial charge in [0, 0.05) is 16.2 Å². The first-order valence-electron chi connectivity index (χ1n) is 8.33. The van der Waals surface area contributed by atoms with Gasteiger partial charge in [-0.15, -0.1) is 0 Å². The molecule has 0 saturated heterocycles. The number of Topliss-reactive ketones (excluding diaryl/α,β-unsaturated/α-hetero) is 1. The lowest BCUT2D eigenvalue weighted by atomic mass is 10.1. The van der Waals surface area contributed by atoms with Crippen LogP contribution in [0.15, 0.2) is 34.8 Å². The normalized spacial score (nSPS) is 10.8. The Kier molecular flexibility index (Phi) is 7.12. The van der Waals surface area contributed by atoms with Gasteiger partial charge in [0.2, 0.25) is 5.78 Å². The Morgan fingerprint density at radius 3 is 2.59 bits per heavy atom. The molecule has 0 unspecified atom stereocenters. The van der Waals surface area contributed by atoms with Crippen LogP contribution in [-0.4, -0.2) is 35.9 Å². The Balaban J connectivity index is 2.00. The summed E-state index contributed by atoms with van der Waals surface area (Å²) in [6.07, 6.45) is 2.85. The van der Waals surface area contributed by atoms with Gasteiger partial charge in [-0.2, -0.15) is 0 Å². The average Bonchev–Trinajstić information content (AvgIpc) is 2.92. The highest BCUT2D eigenvalue weighted by atomic mass is 79.9. The molecule has 0 radical (unpaired) electrons. The smallest absolute Gasteiger partial charge is 0.340 e. The van der Waals surface area contributed by atoms with Gasteiger partial charge in [-0.25, -0.2) is 9.59 Å². The molecule has 1 heterocycles. The van der Waals surface area contributed by atoms with Crippen molar-refractivity contribution < 1.29 is 23.9 Å². The van der Waals surface area contributed by atoms with E-state index in [4.69, 9.17) is 9.47 Å². The third-order valence-corrected chi connectivity index (χ3v) is 4.30. The predicted octanol–water partition coefficient (Wildman–Crippen LogP) is 4.01. The number of aryl methyl sites for hydroxylation is 1. The number of halogens is 1. The lowest BCUT2D eigenvalue weighted by Crippen LogP contribution is -2.14. The molecule has 2 rings (SSSR count). The summed E-state index contributed by atoms with van der Waals surface area (Å²) in [7, 11) is 0. The van der Waals surface area contributed by atoms with Crippen LogP contribution in [-0.2, 0) is 14.3 Å². The van der Waals surface area contributed by atoms with E-state index in [-0.39, 0.29) is 12.3 Å². The molecule has 0 fully saturated rings. The Hall–Kier alpha value is -2.67. The van der Waals surface area contributed by atoms with Gasteiger partial charge in [0.15, 0.2) is 6.61 Å². The fraction of sp³-hybridized carbons (Fsp3) is 0.250. The molecule has 1 aromatic carbocycles. The number of aromatic nitrogens is 1. The number of carbonyl (C=O) groups is 3. The Morgan fingerprint density at radius 1 is 1.19 bits per heavy atom. The number of aromatic amines is 1. The number of H-pyrrole nitrogens is 1. The maximum absolute atomic E-state index is 12.3. The number of ether oxygens (including phenoxy) is 2. The van der Waals surface area contributed by atoms with Crippen LogP contribution in [0.4, 0.5) is 0 Å². The van der Waals surface area contributed by atoms with Crippen LogP contribution in [0.1, 0.15) is 44.6 Å². The molecule has 0 saturated carbocycles. The maximum Gasteiger partial charge on any atom is 0.340 e. The first-order valence-corrected chi connectivity index (χ1v) is 9.12. The first kappa shape index (κ1) is 20.6. The quantitative estimate of drug-likeness (QED) is 0.404. The van der Waals surface area contributed by atoms with E-state index < -0.39 is 24.3 Å². The fourth-order valence-corrected chi connectivity index (χ4v) is 2.99. The van der Waals surface area contributed by atoms with Gasteiger partial charge in [-0.1, -0.05) is 28.1 Å². The summed E-state index contributed by atoms with van der Waals surface area (Å²) in [5.41, 5.74) is 2.41. The van der Waals surface area contributed by atoms with Gasteiger partial charge in [0.05, 0.1) is 17.9 Å². The summed E-state index contributed by atoms with van der Waals surface area (Å²) in [5, 5.41) is 0. The van der Waals surface area contributed by atoms with Gasteiger partial charge in [0.1, 0.15) is 0 Å². The van der Waals surface area contributed by atoms with E-state index in [0.717, 1.165) is 10.0 Å². The van der Waals surface area contributed by atoms with Crippen molar-refractivity contribution in [2.75, 3.05) is 13.2 Å². The van der Waals surface area contributed by atoms with Crippen molar-refractivity contribution in [1.29, 1.82) is 0 Å². The zero-order valence-electron chi connectivity index (χ0n) is 15.3. The zero-order chi connectivity index (χ0) is 20.0. The van der Waals surface area contributed by atoms with Crippen molar-refractivity contribution in [2.45, 2.75) is 20.8 Å². The second-order valence-corrected chi connectivity index (χ2v) is 6.68. The lowest BCUT2D eigenvalue weighted by molar-refractivity contribution is -0.136. The Bertz CT molecular complexity index is 898. The summed E-state index contributed by atoms with van der Waals surface area (Å²) in [5.74, 6) is -1.54. The molecular weight excluding hydrogens is 414 g/mol. The minimum Gasteiger partial charge on any atom is -0.462 e. The summed E-state index contributed by atoms with van der Waals surface area (Å²) in [6, 6.07) is 7.40. The monoisotopic (exact) mass is 433 g/mol. The van der Waals surface area contributed by atoms with Crippen LogP contribution in [0.2, 0.25) is 0 Å². The summed E-state index contributed by atoms with van der Waals surface area (Å²) in [4.78, 5) is 39.0. The number of carbonyl (C=O) groups excluding carboxylic acids is 3. The Labute approximate surface area is 165 Å². The number of nitrogens with one attached hydrogen (secondary N) is 1. The van der Waals surface area contributed by atoms with Crippen LogP contribution < -0.4 is 0 Å². The van der Waals surface area contributed by atoms with Crippen LogP contribution in [0.3, 0.4) is 0 Å². The molecule has 0 spiro atoms. The molecule has 0 aliphatic rings. The molecule has 0 bridgehead atoms. The summed E-state index contributed by atoms with van der Waals surface area (Å²) >= 11 is 3.35. The van der Waals surface area contributed by atoms with E-state index in [1.165, 1.54) is 6.08 Å². The van der Waals surface area contributed by atoms with Gasteiger partial charge in [-0.3, -0.25) is 4.79 Å². The number of hydrogen-bond acceptors (Lipinski definition) is 5. The molecule has 6 nitrogen and oxygen atoms in total. The number of esters is 2. The van der Waals surface area contributed by atoms with Crippen molar-refractivity contribution in [1.82, 2.24) is 4.98 Å².